The standard InChI is InChI=1S/C16H25ClN4O2/c1-10(2)9-21-15(17)14(11(3)19-21)16(23)18-13-5-7-20(8-6-13)12(4)22/h10,13H,5-9H2,1-4H3,(H,18,23). The van der Waals surface area contributed by atoms with Gasteiger partial charge in [-0.3, -0.25) is 14.3 Å². The Hall–Kier alpha value is -1.56. The topological polar surface area (TPSA) is 67.2 Å². The van der Waals surface area contributed by atoms with Gasteiger partial charge in [-0.2, -0.15) is 5.10 Å². The predicted octanol–water partition coefficient (Wildman–Crippen LogP) is 2.24. The van der Waals surface area contributed by atoms with Crippen molar-refractivity contribution in [1.29, 1.82) is 0 Å². The Morgan fingerprint density at radius 2 is 1.96 bits per heavy atom. The van der Waals surface area contributed by atoms with Gasteiger partial charge in [-0.05, 0) is 25.7 Å². The summed E-state index contributed by atoms with van der Waals surface area (Å²) in [7, 11) is 0. The number of aryl methyl sites for hydroxylation is 1. The molecule has 0 unspecified atom stereocenters. The van der Waals surface area contributed by atoms with Crippen LogP contribution in [0.4, 0.5) is 0 Å². The van der Waals surface area contributed by atoms with Gasteiger partial charge in [0, 0.05) is 32.6 Å². The van der Waals surface area contributed by atoms with E-state index in [4.69, 9.17) is 11.6 Å². The summed E-state index contributed by atoms with van der Waals surface area (Å²) in [4.78, 5) is 25.7. The van der Waals surface area contributed by atoms with Gasteiger partial charge >= 0.3 is 0 Å². The number of hydrogen-bond donors (Lipinski definition) is 1. The maximum absolute atomic E-state index is 12.5. The third-order valence-electron chi connectivity index (χ3n) is 4.11. The van der Waals surface area contributed by atoms with Crippen molar-refractivity contribution in [2.45, 2.75) is 53.1 Å². The number of likely N-dealkylation sites (tertiary alicyclic amines) is 1. The first kappa shape index (κ1) is 17.8. The quantitative estimate of drug-likeness (QED) is 0.914. The lowest BCUT2D eigenvalue weighted by Crippen LogP contribution is -2.46. The minimum atomic E-state index is -0.177. The number of rotatable bonds is 4. The fraction of sp³-hybridized carbons (Fsp3) is 0.688. The van der Waals surface area contributed by atoms with E-state index in [1.54, 1.807) is 18.5 Å². The van der Waals surface area contributed by atoms with E-state index < -0.39 is 0 Å². The Kier molecular flexibility index (Phi) is 5.68. The number of nitrogens with zero attached hydrogens (tertiary/aromatic N) is 3. The van der Waals surface area contributed by atoms with Crippen LogP contribution in [0.1, 0.15) is 49.7 Å². The van der Waals surface area contributed by atoms with Crippen LogP contribution in [0.2, 0.25) is 5.15 Å². The van der Waals surface area contributed by atoms with Crippen molar-refractivity contribution in [3.63, 3.8) is 0 Å². The van der Waals surface area contributed by atoms with Gasteiger partial charge in [-0.25, -0.2) is 0 Å². The van der Waals surface area contributed by atoms with E-state index in [0.717, 1.165) is 12.8 Å². The fourth-order valence-corrected chi connectivity index (χ4v) is 3.20. The molecular formula is C16H25ClN4O2. The molecule has 0 aromatic carbocycles. The minimum Gasteiger partial charge on any atom is -0.349 e. The second-order valence-corrected chi connectivity index (χ2v) is 6.94. The molecule has 0 aliphatic carbocycles. The molecule has 1 N–H and O–H groups in total. The van der Waals surface area contributed by atoms with Gasteiger partial charge in [-0.1, -0.05) is 25.4 Å². The number of carbonyl (C=O) groups is 2. The molecule has 2 amide bonds. The van der Waals surface area contributed by atoms with Crippen LogP contribution in [-0.2, 0) is 11.3 Å². The second kappa shape index (κ2) is 7.34. The van der Waals surface area contributed by atoms with Crippen molar-refractivity contribution in [3.8, 4) is 0 Å². The van der Waals surface area contributed by atoms with Crippen LogP contribution in [0, 0.1) is 12.8 Å². The molecule has 0 bridgehead atoms. The lowest BCUT2D eigenvalue weighted by molar-refractivity contribution is -0.129. The molecule has 1 saturated heterocycles. The molecule has 0 saturated carbocycles. The number of amides is 2. The normalized spacial score (nSPS) is 16.0. The Balaban J connectivity index is 2.02. The average Bonchev–Trinajstić information content (AvgIpc) is 2.73. The summed E-state index contributed by atoms with van der Waals surface area (Å²) >= 11 is 6.34. The number of aromatic nitrogens is 2. The average molecular weight is 341 g/mol. The maximum Gasteiger partial charge on any atom is 0.256 e. The zero-order valence-electron chi connectivity index (χ0n) is 14.2. The predicted molar refractivity (Wildman–Crippen MR) is 89.6 cm³/mol. The first-order valence-corrected chi connectivity index (χ1v) is 8.46. The summed E-state index contributed by atoms with van der Waals surface area (Å²) < 4.78 is 1.69. The molecule has 1 aromatic heterocycles. The summed E-state index contributed by atoms with van der Waals surface area (Å²) in [6.45, 7) is 9.58. The van der Waals surface area contributed by atoms with Gasteiger partial charge in [0.25, 0.3) is 5.91 Å². The highest BCUT2D eigenvalue weighted by Crippen LogP contribution is 2.21. The molecule has 23 heavy (non-hydrogen) atoms. The van der Waals surface area contributed by atoms with Crippen molar-refractivity contribution in [2.24, 2.45) is 5.92 Å². The summed E-state index contributed by atoms with van der Waals surface area (Å²) in [6.07, 6.45) is 1.53. The van der Waals surface area contributed by atoms with Crippen molar-refractivity contribution in [3.05, 3.63) is 16.4 Å². The minimum absolute atomic E-state index is 0.0713. The number of hydrogen-bond acceptors (Lipinski definition) is 3. The first-order valence-electron chi connectivity index (χ1n) is 8.08. The van der Waals surface area contributed by atoms with Crippen molar-refractivity contribution in [2.75, 3.05) is 13.1 Å². The van der Waals surface area contributed by atoms with E-state index >= 15 is 0 Å². The van der Waals surface area contributed by atoms with Crippen LogP contribution in [-0.4, -0.2) is 45.6 Å². The van der Waals surface area contributed by atoms with Crippen molar-refractivity contribution < 1.29 is 9.59 Å². The lowest BCUT2D eigenvalue weighted by Gasteiger charge is -2.31. The molecule has 6 nitrogen and oxygen atoms in total. The molecule has 0 radical (unpaired) electrons. The number of nitrogens with one attached hydrogen (secondary N) is 1. The monoisotopic (exact) mass is 340 g/mol. The first-order chi connectivity index (χ1) is 10.8. The summed E-state index contributed by atoms with van der Waals surface area (Å²) in [6, 6.07) is 0.0713. The smallest absolute Gasteiger partial charge is 0.256 e. The van der Waals surface area contributed by atoms with E-state index in [-0.39, 0.29) is 17.9 Å². The fourth-order valence-electron chi connectivity index (χ4n) is 2.87. The maximum atomic E-state index is 12.5. The van der Waals surface area contributed by atoms with Crippen molar-refractivity contribution >= 4 is 23.4 Å². The van der Waals surface area contributed by atoms with E-state index in [9.17, 15) is 9.59 Å². The second-order valence-electron chi connectivity index (χ2n) is 6.58. The van der Waals surface area contributed by atoms with Crippen LogP contribution < -0.4 is 5.32 Å². The van der Waals surface area contributed by atoms with Crippen LogP contribution >= 0.6 is 11.6 Å². The van der Waals surface area contributed by atoms with Gasteiger partial charge in [0.15, 0.2) is 0 Å². The molecule has 1 aromatic rings. The SMILES string of the molecule is CC(=O)N1CCC(NC(=O)c2c(C)nn(CC(C)C)c2Cl)CC1. The number of piperidine rings is 1. The van der Waals surface area contributed by atoms with E-state index in [0.29, 0.717) is 42.0 Å². The zero-order chi connectivity index (χ0) is 17.1. The summed E-state index contributed by atoms with van der Waals surface area (Å²) in [5.74, 6) is 0.311. The van der Waals surface area contributed by atoms with Gasteiger partial charge in [-0.15, -0.1) is 0 Å². The summed E-state index contributed by atoms with van der Waals surface area (Å²) in [5, 5.41) is 7.80. The Bertz CT molecular complexity index is 589. The zero-order valence-corrected chi connectivity index (χ0v) is 15.0. The Morgan fingerprint density at radius 3 is 2.48 bits per heavy atom. The highest BCUT2D eigenvalue weighted by molar-refractivity contribution is 6.33. The highest BCUT2D eigenvalue weighted by atomic mass is 35.5. The van der Waals surface area contributed by atoms with Gasteiger partial charge in [0.1, 0.15) is 5.15 Å². The molecule has 2 heterocycles. The summed E-state index contributed by atoms with van der Waals surface area (Å²) in [5.41, 5.74) is 1.11. The van der Waals surface area contributed by atoms with Crippen LogP contribution in [0.15, 0.2) is 0 Å². The van der Waals surface area contributed by atoms with Crippen molar-refractivity contribution in [1.82, 2.24) is 20.0 Å². The molecule has 1 aliphatic heterocycles. The molecule has 1 aliphatic rings. The Morgan fingerprint density at radius 1 is 1.35 bits per heavy atom. The van der Waals surface area contributed by atoms with Gasteiger partial charge < -0.3 is 10.2 Å². The molecule has 7 heteroatoms. The third-order valence-corrected chi connectivity index (χ3v) is 4.49. The third kappa shape index (κ3) is 4.25. The van der Waals surface area contributed by atoms with E-state index in [1.165, 1.54) is 0 Å². The van der Waals surface area contributed by atoms with Crippen LogP contribution in [0.25, 0.3) is 0 Å². The molecule has 0 spiro atoms. The van der Waals surface area contributed by atoms with Gasteiger partial charge in [0.05, 0.1) is 11.3 Å². The largest absolute Gasteiger partial charge is 0.349 e. The Labute approximate surface area is 142 Å². The lowest BCUT2D eigenvalue weighted by atomic mass is 10.0. The molecular weight excluding hydrogens is 316 g/mol. The molecule has 0 atom stereocenters. The van der Waals surface area contributed by atoms with Crippen LogP contribution in [0.5, 0.6) is 0 Å². The highest BCUT2D eigenvalue weighted by Gasteiger charge is 2.26. The van der Waals surface area contributed by atoms with E-state index in [2.05, 4.69) is 24.3 Å². The number of carbonyl (C=O) groups excluding carboxylic acids is 2. The van der Waals surface area contributed by atoms with Gasteiger partial charge in [0.2, 0.25) is 5.91 Å². The molecule has 128 valence electrons. The van der Waals surface area contributed by atoms with E-state index in [1.807, 2.05) is 4.90 Å². The molecule has 1 fully saturated rings. The number of halogens is 1. The molecule has 2 rings (SSSR count). The van der Waals surface area contributed by atoms with Crippen LogP contribution in [0.3, 0.4) is 0 Å².